The van der Waals surface area contributed by atoms with Gasteiger partial charge in [0.2, 0.25) is 5.13 Å². The summed E-state index contributed by atoms with van der Waals surface area (Å²) >= 11 is 4.06. The number of nitrogens with one attached hydrogen (secondary N) is 1. The predicted octanol–water partition coefficient (Wildman–Crippen LogP) is 5.02. The summed E-state index contributed by atoms with van der Waals surface area (Å²) in [5, 5.41) is 22.2. The minimum absolute atomic E-state index is 0.0910. The van der Waals surface area contributed by atoms with Gasteiger partial charge in [-0.2, -0.15) is 0 Å². The Morgan fingerprint density at radius 2 is 1.96 bits per heavy atom. The van der Waals surface area contributed by atoms with Gasteiger partial charge < -0.3 is 0 Å². The van der Waals surface area contributed by atoms with Crippen LogP contribution < -0.4 is 5.32 Å². The van der Waals surface area contributed by atoms with Gasteiger partial charge in [0, 0.05) is 17.4 Å². The summed E-state index contributed by atoms with van der Waals surface area (Å²) in [6.45, 7) is 2.04. The van der Waals surface area contributed by atoms with Gasteiger partial charge in [0.15, 0.2) is 4.34 Å². The fourth-order valence-corrected chi connectivity index (χ4v) is 4.54. The number of aryl methyl sites for hydroxylation is 1. The van der Waals surface area contributed by atoms with Crippen molar-refractivity contribution in [2.24, 2.45) is 0 Å². The molecule has 0 saturated heterocycles. The molecule has 0 aliphatic rings. The molecule has 1 aromatic heterocycles. The SMILES string of the molecule is CSc1ccc(C(=O)Nc2nnc(SCc3ccc(C)cc3)s2)cc1[N+](=O)[O-]. The van der Waals surface area contributed by atoms with E-state index in [2.05, 4.69) is 39.8 Å². The highest BCUT2D eigenvalue weighted by molar-refractivity contribution is 8.00. The normalized spacial score (nSPS) is 10.6. The van der Waals surface area contributed by atoms with E-state index in [0.717, 1.165) is 10.1 Å². The van der Waals surface area contributed by atoms with Crippen molar-refractivity contribution >= 4 is 51.6 Å². The minimum Gasteiger partial charge on any atom is -0.296 e. The topological polar surface area (TPSA) is 98.0 Å². The number of benzene rings is 2. The van der Waals surface area contributed by atoms with Crippen LogP contribution in [0.2, 0.25) is 0 Å². The molecular weight excluding hydrogens is 416 g/mol. The number of anilines is 1. The van der Waals surface area contributed by atoms with Crippen LogP contribution in [-0.2, 0) is 5.75 Å². The Bertz CT molecular complexity index is 1010. The van der Waals surface area contributed by atoms with E-state index in [9.17, 15) is 14.9 Å². The molecule has 10 heteroatoms. The third kappa shape index (κ3) is 5.09. The van der Waals surface area contributed by atoms with Gasteiger partial charge in [-0.25, -0.2) is 0 Å². The highest BCUT2D eigenvalue weighted by Crippen LogP contribution is 2.30. The number of thioether (sulfide) groups is 2. The van der Waals surface area contributed by atoms with E-state index < -0.39 is 10.8 Å². The molecule has 0 saturated carbocycles. The molecule has 1 heterocycles. The third-order valence-corrected chi connectivity index (χ3v) is 6.58. The van der Waals surface area contributed by atoms with E-state index in [4.69, 9.17) is 0 Å². The molecule has 1 amide bonds. The van der Waals surface area contributed by atoms with Crippen molar-refractivity contribution in [1.82, 2.24) is 10.2 Å². The standard InChI is InChI=1S/C18H16N4O3S3/c1-11-3-5-12(6-4-11)10-27-18-21-20-17(28-18)19-16(23)13-7-8-15(26-2)14(9-13)22(24)25/h3-9H,10H2,1-2H3,(H,19,20,23). The molecule has 7 nitrogen and oxygen atoms in total. The molecular formula is C18H16N4O3S3. The lowest BCUT2D eigenvalue weighted by atomic mass is 10.2. The number of carbonyl (C=O) groups excluding carboxylic acids is 1. The van der Waals surface area contributed by atoms with Crippen LogP contribution in [0.4, 0.5) is 10.8 Å². The summed E-state index contributed by atoms with van der Waals surface area (Å²) in [7, 11) is 0. The van der Waals surface area contributed by atoms with Crippen LogP contribution in [0.3, 0.4) is 0 Å². The van der Waals surface area contributed by atoms with Crippen LogP contribution in [0.1, 0.15) is 21.5 Å². The third-order valence-electron chi connectivity index (χ3n) is 3.75. The zero-order valence-electron chi connectivity index (χ0n) is 15.0. The number of nitro benzene ring substituents is 1. The first kappa shape index (κ1) is 20.3. The van der Waals surface area contributed by atoms with Gasteiger partial charge in [0.05, 0.1) is 9.82 Å². The molecule has 0 bridgehead atoms. The van der Waals surface area contributed by atoms with Crippen molar-refractivity contribution in [1.29, 1.82) is 0 Å². The van der Waals surface area contributed by atoms with E-state index in [0.29, 0.717) is 10.0 Å². The largest absolute Gasteiger partial charge is 0.296 e. The number of rotatable bonds is 7. The molecule has 2 aromatic carbocycles. The molecule has 144 valence electrons. The first-order valence-electron chi connectivity index (χ1n) is 8.12. The van der Waals surface area contributed by atoms with Crippen LogP contribution in [0.15, 0.2) is 51.7 Å². The van der Waals surface area contributed by atoms with Gasteiger partial charge in [-0.3, -0.25) is 20.2 Å². The van der Waals surface area contributed by atoms with Crippen molar-refractivity contribution in [3.8, 4) is 0 Å². The molecule has 28 heavy (non-hydrogen) atoms. The maximum absolute atomic E-state index is 12.4. The van der Waals surface area contributed by atoms with Crippen LogP contribution in [0.25, 0.3) is 0 Å². The number of aromatic nitrogens is 2. The lowest BCUT2D eigenvalue weighted by Gasteiger charge is -2.04. The maximum atomic E-state index is 12.4. The average Bonchev–Trinajstić information content (AvgIpc) is 3.14. The van der Waals surface area contributed by atoms with E-state index in [1.165, 1.54) is 52.1 Å². The molecule has 1 N–H and O–H groups in total. The molecule has 0 unspecified atom stereocenters. The Kier molecular flexibility index (Phi) is 6.65. The highest BCUT2D eigenvalue weighted by Gasteiger charge is 2.18. The second-order valence-electron chi connectivity index (χ2n) is 5.75. The Hall–Kier alpha value is -2.43. The molecule has 0 aliphatic carbocycles. The summed E-state index contributed by atoms with van der Waals surface area (Å²) < 4.78 is 0.736. The smallest absolute Gasteiger partial charge is 0.283 e. The summed E-state index contributed by atoms with van der Waals surface area (Å²) in [6, 6.07) is 12.7. The van der Waals surface area contributed by atoms with Gasteiger partial charge in [0.25, 0.3) is 11.6 Å². The number of hydrogen-bond acceptors (Lipinski definition) is 8. The molecule has 3 aromatic rings. The Morgan fingerprint density at radius 1 is 1.21 bits per heavy atom. The Balaban J connectivity index is 1.64. The lowest BCUT2D eigenvalue weighted by molar-refractivity contribution is -0.387. The molecule has 0 fully saturated rings. The van der Waals surface area contributed by atoms with Gasteiger partial charge >= 0.3 is 0 Å². The number of carbonyl (C=O) groups is 1. The summed E-state index contributed by atoms with van der Waals surface area (Å²) in [4.78, 5) is 23.6. The summed E-state index contributed by atoms with van der Waals surface area (Å²) in [5.74, 6) is 0.299. The van der Waals surface area contributed by atoms with E-state index >= 15 is 0 Å². The predicted molar refractivity (Wildman–Crippen MR) is 113 cm³/mol. The fourth-order valence-electron chi connectivity index (χ4n) is 2.29. The zero-order chi connectivity index (χ0) is 20.1. The molecule has 0 spiro atoms. The second kappa shape index (κ2) is 9.18. The second-order valence-corrected chi connectivity index (χ2v) is 8.79. The molecule has 0 aliphatic heterocycles. The lowest BCUT2D eigenvalue weighted by Crippen LogP contribution is -2.12. The van der Waals surface area contributed by atoms with Crippen molar-refractivity contribution in [3.05, 3.63) is 69.3 Å². The van der Waals surface area contributed by atoms with Gasteiger partial charge in [0.1, 0.15) is 0 Å². The zero-order valence-corrected chi connectivity index (χ0v) is 17.5. The number of amides is 1. The summed E-state index contributed by atoms with van der Waals surface area (Å²) in [6.07, 6.45) is 1.75. The van der Waals surface area contributed by atoms with Crippen LogP contribution in [-0.4, -0.2) is 27.3 Å². The van der Waals surface area contributed by atoms with E-state index in [1.54, 1.807) is 18.4 Å². The quantitative estimate of drug-likeness (QED) is 0.242. The molecule has 3 rings (SSSR count). The van der Waals surface area contributed by atoms with Gasteiger partial charge in [-0.1, -0.05) is 52.9 Å². The maximum Gasteiger partial charge on any atom is 0.283 e. The van der Waals surface area contributed by atoms with Crippen molar-refractivity contribution in [2.45, 2.75) is 21.9 Å². The van der Waals surface area contributed by atoms with Crippen molar-refractivity contribution < 1.29 is 9.72 Å². The highest BCUT2D eigenvalue weighted by atomic mass is 32.2. The number of nitro groups is 1. The van der Waals surface area contributed by atoms with Crippen LogP contribution in [0.5, 0.6) is 0 Å². The average molecular weight is 433 g/mol. The van der Waals surface area contributed by atoms with Crippen molar-refractivity contribution in [3.63, 3.8) is 0 Å². The number of hydrogen-bond donors (Lipinski definition) is 1. The van der Waals surface area contributed by atoms with Gasteiger partial charge in [-0.15, -0.1) is 22.0 Å². The number of nitrogens with zero attached hydrogens (tertiary/aromatic N) is 3. The first-order valence-corrected chi connectivity index (χ1v) is 11.1. The van der Waals surface area contributed by atoms with Crippen LogP contribution >= 0.6 is 34.9 Å². The Labute approximate surface area is 174 Å². The minimum atomic E-state index is -0.493. The van der Waals surface area contributed by atoms with Crippen LogP contribution in [0, 0.1) is 17.0 Å². The monoisotopic (exact) mass is 432 g/mol. The Morgan fingerprint density at radius 3 is 2.64 bits per heavy atom. The fraction of sp³-hybridized carbons (Fsp3) is 0.167. The first-order chi connectivity index (χ1) is 13.5. The molecule has 0 radical (unpaired) electrons. The van der Waals surface area contributed by atoms with Crippen molar-refractivity contribution in [2.75, 3.05) is 11.6 Å². The molecule has 0 atom stereocenters. The van der Waals surface area contributed by atoms with Gasteiger partial charge in [-0.05, 0) is 30.9 Å². The van der Waals surface area contributed by atoms with E-state index in [-0.39, 0.29) is 11.3 Å². The summed E-state index contributed by atoms with van der Waals surface area (Å²) in [5.41, 5.74) is 2.50. The van der Waals surface area contributed by atoms with E-state index in [1.807, 2.05) is 6.92 Å².